The number of rotatable bonds is 9. The van der Waals surface area contributed by atoms with Crippen LogP contribution >= 0.6 is 0 Å². The van der Waals surface area contributed by atoms with E-state index in [1.807, 2.05) is 0 Å². The van der Waals surface area contributed by atoms with Gasteiger partial charge in [0.05, 0.1) is 6.07 Å². The Morgan fingerprint density at radius 1 is 0.971 bits per heavy atom. The maximum absolute atomic E-state index is 11.1. The molecular weight excluding hydrogens is 420 g/mol. The number of piperazine rings is 1. The number of amides is 1. The van der Waals surface area contributed by atoms with E-state index >= 15 is 0 Å². The Balaban J connectivity index is 1.19. The molecular formula is C29H38N4O. The fourth-order valence-electron chi connectivity index (χ4n) is 5.69. The average Bonchev–Trinajstić information content (AvgIpc) is 2.89. The number of primary amides is 1. The van der Waals surface area contributed by atoms with E-state index in [2.05, 4.69) is 70.5 Å². The van der Waals surface area contributed by atoms with Gasteiger partial charge in [-0.3, -0.25) is 9.69 Å². The summed E-state index contributed by atoms with van der Waals surface area (Å²) < 4.78 is 0. The van der Waals surface area contributed by atoms with Crippen LogP contribution in [0.25, 0.3) is 11.1 Å². The lowest BCUT2D eigenvalue weighted by molar-refractivity contribution is -0.118. The summed E-state index contributed by atoms with van der Waals surface area (Å²) in [5.74, 6) is 0.906. The molecule has 0 spiro atoms. The van der Waals surface area contributed by atoms with Crippen molar-refractivity contribution >= 4 is 11.6 Å². The number of nitriles is 1. The molecule has 4 rings (SSSR count). The molecule has 0 radical (unpaired) electrons. The van der Waals surface area contributed by atoms with Crippen molar-refractivity contribution in [3.05, 3.63) is 54.6 Å². The fraction of sp³-hybridized carbons (Fsp3) is 0.517. The van der Waals surface area contributed by atoms with Gasteiger partial charge in [0.2, 0.25) is 5.91 Å². The van der Waals surface area contributed by atoms with Crippen LogP contribution in [0.3, 0.4) is 0 Å². The van der Waals surface area contributed by atoms with Crippen molar-refractivity contribution < 1.29 is 4.79 Å². The highest BCUT2D eigenvalue weighted by atomic mass is 16.1. The van der Waals surface area contributed by atoms with Crippen LogP contribution in [-0.4, -0.2) is 43.5 Å². The molecule has 2 N–H and O–H groups in total. The molecule has 1 aliphatic carbocycles. The van der Waals surface area contributed by atoms with E-state index < -0.39 is 0 Å². The van der Waals surface area contributed by atoms with E-state index in [0.717, 1.165) is 44.9 Å². The van der Waals surface area contributed by atoms with Gasteiger partial charge in [-0.05, 0) is 67.3 Å². The molecule has 1 atom stereocenters. The molecule has 5 nitrogen and oxygen atoms in total. The van der Waals surface area contributed by atoms with E-state index in [1.165, 1.54) is 42.6 Å². The number of benzene rings is 2. The highest BCUT2D eigenvalue weighted by molar-refractivity contribution is 5.73. The Hall–Kier alpha value is -2.84. The fourth-order valence-corrected chi connectivity index (χ4v) is 5.69. The highest BCUT2D eigenvalue weighted by Crippen LogP contribution is 2.36. The van der Waals surface area contributed by atoms with Crippen LogP contribution in [-0.2, 0) is 4.79 Å². The highest BCUT2D eigenvalue weighted by Gasteiger charge is 2.28. The zero-order chi connectivity index (χ0) is 23.8. The summed E-state index contributed by atoms with van der Waals surface area (Å²) in [6.07, 6.45) is 6.88. The summed E-state index contributed by atoms with van der Waals surface area (Å²) in [6, 6.07) is 22.0. The Morgan fingerprint density at radius 3 is 2.35 bits per heavy atom. The smallest absolute Gasteiger partial charge is 0.217 e. The van der Waals surface area contributed by atoms with Gasteiger partial charge in [-0.2, -0.15) is 5.26 Å². The minimum atomic E-state index is -0.294. The second-order valence-corrected chi connectivity index (χ2v) is 10.1. The maximum atomic E-state index is 11.1. The first kappa shape index (κ1) is 24.3. The zero-order valence-corrected chi connectivity index (χ0v) is 20.2. The normalized spacial score (nSPS) is 22.1. The molecule has 2 fully saturated rings. The van der Waals surface area contributed by atoms with Crippen LogP contribution < -0.4 is 10.6 Å². The summed E-state index contributed by atoms with van der Waals surface area (Å²) in [4.78, 5) is 16.2. The van der Waals surface area contributed by atoms with E-state index in [9.17, 15) is 10.1 Å². The van der Waals surface area contributed by atoms with Gasteiger partial charge in [0, 0.05) is 44.2 Å². The second kappa shape index (κ2) is 12.0. The summed E-state index contributed by atoms with van der Waals surface area (Å²) in [7, 11) is 0. The predicted molar refractivity (Wildman–Crippen MR) is 138 cm³/mol. The van der Waals surface area contributed by atoms with Gasteiger partial charge in [0.25, 0.3) is 0 Å². The molecule has 180 valence electrons. The molecule has 1 heterocycles. The molecule has 2 aliphatic rings. The van der Waals surface area contributed by atoms with E-state index in [1.54, 1.807) is 0 Å². The Kier molecular flexibility index (Phi) is 8.60. The number of nitrogens with two attached hydrogens (primary N) is 1. The zero-order valence-electron chi connectivity index (χ0n) is 20.2. The number of nitrogens with zero attached hydrogens (tertiary/aromatic N) is 3. The van der Waals surface area contributed by atoms with Gasteiger partial charge >= 0.3 is 0 Å². The quantitative estimate of drug-likeness (QED) is 0.569. The van der Waals surface area contributed by atoms with Gasteiger partial charge in [-0.1, -0.05) is 55.3 Å². The van der Waals surface area contributed by atoms with Crippen molar-refractivity contribution in [3.63, 3.8) is 0 Å². The standard InChI is InChI=1S/C29H38N4O/c30-22-27(13-14-29(31)34)25-11-9-23(10-12-25)15-16-32-17-19-33(20-18-32)28-8-4-7-26(21-28)24-5-2-1-3-6-24/h1-8,21,23,25,27H,9-20H2,(H2,31,34). The second-order valence-electron chi connectivity index (χ2n) is 10.1. The molecule has 2 aromatic rings. The SMILES string of the molecule is N#CC(CCC(N)=O)C1CCC(CCN2CCN(c3cccc(-c4ccccc4)c3)CC2)CC1. The summed E-state index contributed by atoms with van der Waals surface area (Å²) in [5.41, 5.74) is 9.15. The van der Waals surface area contributed by atoms with Crippen LogP contribution in [0, 0.1) is 29.1 Å². The topological polar surface area (TPSA) is 73.4 Å². The van der Waals surface area contributed by atoms with Crippen molar-refractivity contribution in [2.45, 2.75) is 44.9 Å². The number of carbonyl (C=O) groups excluding carboxylic acids is 1. The largest absolute Gasteiger partial charge is 0.370 e. The minimum absolute atomic E-state index is 0.0121. The lowest BCUT2D eigenvalue weighted by Crippen LogP contribution is -2.47. The van der Waals surface area contributed by atoms with Crippen LogP contribution in [0.2, 0.25) is 0 Å². The Labute approximate surface area is 204 Å². The average molecular weight is 459 g/mol. The van der Waals surface area contributed by atoms with Crippen molar-refractivity contribution in [1.82, 2.24) is 4.90 Å². The number of anilines is 1. The van der Waals surface area contributed by atoms with E-state index in [-0.39, 0.29) is 11.8 Å². The van der Waals surface area contributed by atoms with Crippen LogP contribution in [0.4, 0.5) is 5.69 Å². The number of hydrogen-bond acceptors (Lipinski definition) is 4. The lowest BCUT2D eigenvalue weighted by atomic mass is 9.74. The predicted octanol–water partition coefficient (Wildman–Crippen LogP) is 5.08. The number of carbonyl (C=O) groups is 1. The van der Waals surface area contributed by atoms with Gasteiger partial charge in [0.1, 0.15) is 0 Å². The van der Waals surface area contributed by atoms with Gasteiger partial charge in [0.15, 0.2) is 0 Å². The molecule has 2 aromatic carbocycles. The van der Waals surface area contributed by atoms with Crippen molar-refractivity contribution in [2.75, 3.05) is 37.6 Å². The monoisotopic (exact) mass is 458 g/mol. The first-order chi connectivity index (χ1) is 16.6. The Morgan fingerprint density at radius 2 is 1.68 bits per heavy atom. The number of hydrogen-bond donors (Lipinski definition) is 1. The molecule has 1 aliphatic heterocycles. The molecule has 1 amide bonds. The molecule has 1 unspecified atom stereocenters. The van der Waals surface area contributed by atoms with E-state index in [4.69, 9.17) is 5.73 Å². The van der Waals surface area contributed by atoms with E-state index in [0.29, 0.717) is 18.8 Å². The first-order valence-electron chi connectivity index (χ1n) is 12.9. The van der Waals surface area contributed by atoms with Gasteiger partial charge in [-0.25, -0.2) is 0 Å². The van der Waals surface area contributed by atoms with Crippen molar-refractivity contribution in [2.24, 2.45) is 23.5 Å². The van der Waals surface area contributed by atoms with Crippen LogP contribution in [0.5, 0.6) is 0 Å². The third kappa shape index (κ3) is 6.61. The summed E-state index contributed by atoms with van der Waals surface area (Å²) >= 11 is 0. The lowest BCUT2D eigenvalue weighted by Gasteiger charge is -2.37. The minimum Gasteiger partial charge on any atom is -0.370 e. The molecule has 1 saturated heterocycles. The maximum Gasteiger partial charge on any atom is 0.217 e. The van der Waals surface area contributed by atoms with Crippen molar-refractivity contribution in [1.29, 1.82) is 5.26 Å². The van der Waals surface area contributed by atoms with Gasteiger partial charge < -0.3 is 10.6 Å². The van der Waals surface area contributed by atoms with Crippen LogP contribution in [0.15, 0.2) is 54.6 Å². The summed E-state index contributed by atoms with van der Waals surface area (Å²) in [6.45, 7) is 5.57. The molecule has 1 saturated carbocycles. The third-order valence-corrected chi connectivity index (χ3v) is 7.87. The van der Waals surface area contributed by atoms with Crippen molar-refractivity contribution in [3.8, 4) is 17.2 Å². The molecule has 34 heavy (non-hydrogen) atoms. The third-order valence-electron chi connectivity index (χ3n) is 7.87. The van der Waals surface area contributed by atoms with Gasteiger partial charge in [-0.15, -0.1) is 0 Å². The molecule has 0 bridgehead atoms. The summed E-state index contributed by atoms with van der Waals surface area (Å²) in [5, 5.41) is 9.49. The Bertz CT molecular complexity index is 954. The first-order valence-corrected chi connectivity index (χ1v) is 12.9. The van der Waals surface area contributed by atoms with Crippen LogP contribution in [0.1, 0.15) is 44.9 Å². The molecule has 0 aromatic heterocycles. The molecule has 5 heteroatoms.